The Morgan fingerprint density at radius 2 is 2.05 bits per heavy atom. The normalized spacial score (nSPS) is 27.3. The van der Waals surface area contributed by atoms with Gasteiger partial charge in [0.15, 0.2) is 11.5 Å². The van der Waals surface area contributed by atoms with Gasteiger partial charge in [-0.3, -0.25) is 0 Å². The quantitative estimate of drug-likeness (QED) is 0.913. The number of fused-ring (bicyclic) bond motifs is 1. The van der Waals surface area contributed by atoms with Crippen molar-refractivity contribution in [3.05, 3.63) is 12.7 Å². The van der Waals surface area contributed by atoms with E-state index in [1.165, 1.54) is 25.6 Å². The van der Waals surface area contributed by atoms with Crippen LogP contribution < -0.4 is 5.73 Å². The minimum atomic E-state index is 0.470. The molecule has 0 aromatic carbocycles. The number of nitrogens with zero attached hydrogens (tertiary/aromatic N) is 4. The van der Waals surface area contributed by atoms with Crippen LogP contribution in [0.1, 0.15) is 46.1 Å². The number of imidazole rings is 1. The van der Waals surface area contributed by atoms with Crippen molar-refractivity contribution in [1.82, 2.24) is 19.5 Å². The van der Waals surface area contributed by atoms with Crippen LogP contribution >= 0.6 is 0 Å². The van der Waals surface area contributed by atoms with Crippen molar-refractivity contribution in [2.75, 3.05) is 5.73 Å². The summed E-state index contributed by atoms with van der Waals surface area (Å²) in [6.07, 6.45) is 7.23. The molecule has 5 heteroatoms. The molecule has 1 aliphatic carbocycles. The Morgan fingerprint density at radius 1 is 1.25 bits per heavy atom. The molecule has 1 fully saturated rings. The van der Waals surface area contributed by atoms with Crippen LogP contribution in [0.5, 0.6) is 0 Å². The molecule has 3 rings (SSSR count). The Labute approximate surface area is 119 Å². The minimum absolute atomic E-state index is 0.470. The van der Waals surface area contributed by atoms with Crippen LogP contribution in [0.25, 0.3) is 11.2 Å². The predicted molar refractivity (Wildman–Crippen MR) is 80.1 cm³/mol. The number of aromatic nitrogens is 4. The Bertz CT molecular complexity index is 603. The monoisotopic (exact) mass is 273 g/mol. The summed E-state index contributed by atoms with van der Waals surface area (Å²) < 4.78 is 2.23. The Hall–Kier alpha value is -1.65. The Kier molecular flexibility index (Phi) is 3.36. The molecule has 0 saturated heterocycles. The van der Waals surface area contributed by atoms with E-state index in [1.54, 1.807) is 0 Å². The maximum absolute atomic E-state index is 5.89. The highest BCUT2D eigenvalue weighted by Gasteiger charge is 2.33. The predicted octanol–water partition coefficient (Wildman–Crippen LogP) is 3.04. The number of hydrogen-bond donors (Lipinski definition) is 1. The van der Waals surface area contributed by atoms with Crippen LogP contribution in [0.4, 0.5) is 5.82 Å². The van der Waals surface area contributed by atoms with Crippen molar-refractivity contribution in [3.63, 3.8) is 0 Å². The molecule has 108 valence electrons. The van der Waals surface area contributed by atoms with Gasteiger partial charge in [-0.25, -0.2) is 15.0 Å². The summed E-state index contributed by atoms with van der Waals surface area (Å²) in [5.74, 6) is 2.58. The minimum Gasteiger partial charge on any atom is -0.382 e. The number of nitrogen functional groups attached to an aromatic ring is 1. The van der Waals surface area contributed by atoms with Gasteiger partial charge >= 0.3 is 0 Å². The highest BCUT2D eigenvalue weighted by atomic mass is 15.2. The van der Waals surface area contributed by atoms with Crippen LogP contribution in [0.2, 0.25) is 0 Å². The molecule has 0 radical (unpaired) electrons. The van der Waals surface area contributed by atoms with Gasteiger partial charge in [0, 0.05) is 6.04 Å². The summed E-state index contributed by atoms with van der Waals surface area (Å²) >= 11 is 0. The smallest absolute Gasteiger partial charge is 0.165 e. The molecule has 1 saturated carbocycles. The van der Waals surface area contributed by atoms with Gasteiger partial charge in [-0.2, -0.15) is 0 Å². The lowest BCUT2D eigenvalue weighted by Gasteiger charge is -2.38. The summed E-state index contributed by atoms with van der Waals surface area (Å²) in [6, 6.07) is 0.470. The van der Waals surface area contributed by atoms with Gasteiger partial charge in [0.25, 0.3) is 0 Å². The van der Waals surface area contributed by atoms with Gasteiger partial charge in [-0.1, -0.05) is 27.2 Å². The highest BCUT2D eigenvalue weighted by molar-refractivity contribution is 5.81. The third-order valence-corrected chi connectivity index (χ3v) is 4.73. The first-order chi connectivity index (χ1) is 9.58. The maximum atomic E-state index is 5.89. The largest absolute Gasteiger partial charge is 0.382 e. The zero-order valence-corrected chi connectivity index (χ0v) is 12.5. The molecule has 0 aliphatic heterocycles. The molecule has 5 nitrogen and oxygen atoms in total. The second-order valence-corrected chi connectivity index (χ2v) is 6.48. The zero-order valence-electron chi connectivity index (χ0n) is 12.5. The number of nitrogens with two attached hydrogens (primary N) is 1. The first-order valence-electron chi connectivity index (χ1n) is 7.51. The molecular formula is C15H23N5. The first kappa shape index (κ1) is 13.3. The average Bonchev–Trinajstić information content (AvgIpc) is 2.83. The van der Waals surface area contributed by atoms with E-state index in [0.717, 1.165) is 17.1 Å². The van der Waals surface area contributed by atoms with E-state index in [-0.39, 0.29) is 0 Å². The van der Waals surface area contributed by atoms with E-state index >= 15 is 0 Å². The summed E-state index contributed by atoms with van der Waals surface area (Å²) in [5.41, 5.74) is 7.50. The lowest BCUT2D eigenvalue weighted by molar-refractivity contribution is 0.152. The Balaban J connectivity index is 2.05. The van der Waals surface area contributed by atoms with Gasteiger partial charge in [0.1, 0.15) is 11.8 Å². The van der Waals surface area contributed by atoms with Gasteiger partial charge in [-0.15, -0.1) is 0 Å². The van der Waals surface area contributed by atoms with Gasteiger partial charge in [0.05, 0.1) is 6.33 Å². The second-order valence-electron chi connectivity index (χ2n) is 6.48. The fourth-order valence-corrected chi connectivity index (χ4v) is 3.58. The fraction of sp³-hybridized carbons (Fsp3) is 0.667. The zero-order chi connectivity index (χ0) is 14.3. The molecule has 3 unspecified atom stereocenters. The van der Waals surface area contributed by atoms with Crippen LogP contribution in [-0.4, -0.2) is 19.5 Å². The molecule has 2 N–H and O–H groups in total. The van der Waals surface area contributed by atoms with Crippen molar-refractivity contribution in [3.8, 4) is 0 Å². The fourth-order valence-electron chi connectivity index (χ4n) is 3.58. The lowest BCUT2D eigenvalue weighted by atomic mass is 9.74. The van der Waals surface area contributed by atoms with Crippen LogP contribution in [0, 0.1) is 17.8 Å². The highest BCUT2D eigenvalue weighted by Crippen LogP contribution is 2.42. The molecule has 2 aromatic heterocycles. The summed E-state index contributed by atoms with van der Waals surface area (Å²) in [7, 11) is 0. The lowest BCUT2D eigenvalue weighted by Crippen LogP contribution is -2.29. The van der Waals surface area contributed by atoms with Gasteiger partial charge in [0.2, 0.25) is 0 Å². The SMILES string of the molecule is CC1CCC(C(C)C)C(n2cnc3c(N)ncnc32)C1. The van der Waals surface area contributed by atoms with E-state index < -0.39 is 0 Å². The summed E-state index contributed by atoms with van der Waals surface area (Å²) in [4.78, 5) is 12.9. The summed E-state index contributed by atoms with van der Waals surface area (Å²) in [5, 5.41) is 0. The third kappa shape index (κ3) is 2.15. The molecule has 3 atom stereocenters. The first-order valence-corrected chi connectivity index (χ1v) is 7.51. The van der Waals surface area contributed by atoms with Crippen LogP contribution in [-0.2, 0) is 0 Å². The third-order valence-electron chi connectivity index (χ3n) is 4.73. The van der Waals surface area contributed by atoms with Crippen LogP contribution in [0.15, 0.2) is 12.7 Å². The molecule has 0 bridgehead atoms. The topological polar surface area (TPSA) is 69.6 Å². The van der Waals surface area contributed by atoms with Crippen molar-refractivity contribution in [2.45, 2.75) is 46.1 Å². The molecule has 1 aliphatic rings. The number of anilines is 1. The van der Waals surface area contributed by atoms with Crippen molar-refractivity contribution in [2.24, 2.45) is 17.8 Å². The molecule has 2 aromatic rings. The van der Waals surface area contributed by atoms with E-state index in [2.05, 4.69) is 40.3 Å². The Morgan fingerprint density at radius 3 is 2.80 bits per heavy atom. The van der Waals surface area contributed by atoms with Crippen LogP contribution in [0.3, 0.4) is 0 Å². The van der Waals surface area contributed by atoms with E-state index in [1.807, 2.05) is 6.33 Å². The van der Waals surface area contributed by atoms with E-state index in [9.17, 15) is 0 Å². The second kappa shape index (κ2) is 5.04. The molecule has 20 heavy (non-hydrogen) atoms. The van der Waals surface area contributed by atoms with Crippen molar-refractivity contribution >= 4 is 17.0 Å². The molecule has 0 spiro atoms. The standard InChI is InChI=1S/C15H23N5/c1-9(2)11-5-4-10(3)6-12(11)20-8-19-13-14(16)17-7-18-15(13)20/h7-12H,4-6H2,1-3H3,(H2,16,17,18). The van der Waals surface area contributed by atoms with E-state index in [4.69, 9.17) is 5.73 Å². The van der Waals surface area contributed by atoms with Crippen molar-refractivity contribution < 1.29 is 0 Å². The van der Waals surface area contributed by atoms with Gasteiger partial charge in [-0.05, 0) is 30.6 Å². The number of hydrogen-bond acceptors (Lipinski definition) is 4. The molecule has 2 heterocycles. The van der Waals surface area contributed by atoms with Crippen molar-refractivity contribution in [1.29, 1.82) is 0 Å². The van der Waals surface area contributed by atoms with E-state index in [0.29, 0.717) is 23.7 Å². The van der Waals surface area contributed by atoms with Gasteiger partial charge < -0.3 is 10.3 Å². The number of rotatable bonds is 2. The molecule has 0 amide bonds. The average molecular weight is 273 g/mol. The molecular weight excluding hydrogens is 250 g/mol. The maximum Gasteiger partial charge on any atom is 0.165 e. The summed E-state index contributed by atoms with van der Waals surface area (Å²) in [6.45, 7) is 6.97.